The first kappa shape index (κ1) is 13.1. The van der Waals surface area contributed by atoms with Gasteiger partial charge in [-0.1, -0.05) is 18.2 Å². The van der Waals surface area contributed by atoms with Crippen LogP contribution in [0.15, 0.2) is 30.3 Å². The summed E-state index contributed by atoms with van der Waals surface area (Å²) in [6.45, 7) is 1.09. The van der Waals surface area contributed by atoms with E-state index in [2.05, 4.69) is 0 Å². The third kappa shape index (κ3) is 2.57. The van der Waals surface area contributed by atoms with Crippen molar-refractivity contribution >= 4 is 23.5 Å². The van der Waals surface area contributed by atoms with Crippen LogP contribution < -0.4 is 4.90 Å². The summed E-state index contributed by atoms with van der Waals surface area (Å²) in [5.74, 6) is -2.17. The van der Waals surface area contributed by atoms with E-state index in [4.69, 9.17) is 5.11 Å². The minimum Gasteiger partial charge on any atom is -0.480 e. The fourth-order valence-electron chi connectivity index (χ4n) is 2.09. The number of carboxylic acids is 1. The molecule has 6 heteroatoms. The van der Waals surface area contributed by atoms with Crippen LogP contribution in [0, 0.1) is 0 Å². The van der Waals surface area contributed by atoms with E-state index in [9.17, 15) is 14.4 Å². The molecule has 0 aromatic heterocycles. The van der Waals surface area contributed by atoms with Gasteiger partial charge >= 0.3 is 5.97 Å². The Morgan fingerprint density at radius 3 is 2.53 bits per heavy atom. The van der Waals surface area contributed by atoms with Crippen LogP contribution in [-0.2, 0) is 14.4 Å². The van der Waals surface area contributed by atoms with E-state index in [1.54, 1.807) is 11.8 Å². The number of hydrogen-bond acceptors (Lipinski definition) is 4. The predicted octanol–water partition coefficient (Wildman–Crippen LogP) is 0.335. The summed E-state index contributed by atoms with van der Waals surface area (Å²) in [6.07, 6.45) is 0. The molecule has 1 N–H and O–H groups in total. The summed E-state index contributed by atoms with van der Waals surface area (Å²) >= 11 is 0. The molecular weight excluding hydrogens is 248 g/mol. The third-order valence-corrected chi connectivity index (χ3v) is 3.08. The Bertz CT molecular complexity index is 515. The van der Waals surface area contributed by atoms with Crippen LogP contribution in [0.4, 0.5) is 5.69 Å². The van der Waals surface area contributed by atoms with E-state index < -0.39 is 30.4 Å². The van der Waals surface area contributed by atoms with E-state index in [0.29, 0.717) is 0 Å². The number of amides is 2. The fourth-order valence-corrected chi connectivity index (χ4v) is 2.09. The van der Waals surface area contributed by atoms with Gasteiger partial charge in [-0.2, -0.15) is 0 Å². The molecule has 2 rings (SSSR count). The molecule has 1 aliphatic rings. The van der Waals surface area contributed by atoms with Crippen molar-refractivity contribution in [3.05, 3.63) is 30.3 Å². The summed E-state index contributed by atoms with van der Waals surface area (Å²) in [7, 11) is 0. The topological polar surface area (TPSA) is 77.9 Å². The van der Waals surface area contributed by atoms with Crippen LogP contribution in [-0.4, -0.2) is 46.9 Å². The zero-order chi connectivity index (χ0) is 14.0. The van der Waals surface area contributed by atoms with E-state index >= 15 is 0 Å². The first-order chi connectivity index (χ1) is 9.00. The number of benzene rings is 1. The molecule has 0 radical (unpaired) electrons. The second kappa shape index (κ2) is 5.09. The lowest BCUT2D eigenvalue weighted by Gasteiger charge is -2.38. The highest BCUT2D eigenvalue weighted by Gasteiger charge is 2.37. The van der Waals surface area contributed by atoms with Crippen LogP contribution >= 0.6 is 0 Å². The number of hydrogen-bond donors (Lipinski definition) is 1. The van der Waals surface area contributed by atoms with Crippen molar-refractivity contribution in [1.82, 2.24) is 4.90 Å². The number of piperazine rings is 1. The van der Waals surface area contributed by atoms with Gasteiger partial charge in [-0.25, -0.2) is 0 Å². The first-order valence-electron chi connectivity index (χ1n) is 5.88. The normalized spacial score (nSPS) is 19.7. The van der Waals surface area contributed by atoms with Crippen molar-refractivity contribution in [3.8, 4) is 0 Å². The largest absolute Gasteiger partial charge is 0.480 e. The molecule has 1 unspecified atom stereocenters. The molecule has 0 aliphatic carbocycles. The minimum atomic E-state index is -1.19. The van der Waals surface area contributed by atoms with Gasteiger partial charge in [0.2, 0.25) is 5.91 Å². The Balaban J connectivity index is 2.23. The van der Waals surface area contributed by atoms with Gasteiger partial charge in [-0.05, 0) is 19.1 Å². The third-order valence-electron chi connectivity index (χ3n) is 3.08. The van der Waals surface area contributed by atoms with E-state index in [1.165, 1.54) is 0 Å². The highest BCUT2D eigenvalue weighted by Crippen LogP contribution is 2.21. The molecule has 1 aromatic rings. The molecule has 0 bridgehead atoms. The van der Waals surface area contributed by atoms with Gasteiger partial charge in [-0.3, -0.25) is 19.3 Å². The van der Waals surface area contributed by atoms with Crippen molar-refractivity contribution in [2.24, 2.45) is 0 Å². The van der Waals surface area contributed by atoms with Gasteiger partial charge < -0.3 is 10.0 Å². The smallest absolute Gasteiger partial charge is 0.323 e. The molecule has 1 aliphatic heterocycles. The van der Waals surface area contributed by atoms with E-state index in [0.717, 1.165) is 10.6 Å². The highest BCUT2D eigenvalue weighted by molar-refractivity contribution is 6.06. The van der Waals surface area contributed by atoms with E-state index in [-0.39, 0.29) is 6.54 Å². The fraction of sp³-hybridized carbons (Fsp3) is 0.308. The number of anilines is 1. The number of nitrogens with zero attached hydrogens (tertiary/aromatic N) is 2. The summed E-state index contributed by atoms with van der Waals surface area (Å²) in [4.78, 5) is 37.0. The van der Waals surface area contributed by atoms with Gasteiger partial charge in [0, 0.05) is 5.69 Å². The number of para-hydroxylation sites is 1. The molecule has 100 valence electrons. The molecule has 6 nitrogen and oxygen atoms in total. The molecule has 1 atom stereocenters. The zero-order valence-corrected chi connectivity index (χ0v) is 10.4. The molecule has 1 fully saturated rings. The van der Waals surface area contributed by atoms with Crippen LogP contribution in [0.5, 0.6) is 0 Å². The number of aliphatic carboxylic acids is 1. The molecule has 1 saturated heterocycles. The lowest BCUT2D eigenvalue weighted by molar-refractivity contribution is -0.154. The number of imide groups is 1. The molecule has 2 amide bonds. The Hall–Kier alpha value is -2.37. The lowest BCUT2D eigenvalue weighted by atomic mass is 10.1. The van der Waals surface area contributed by atoms with E-state index in [1.807, 2.05) is 30.3 Å². The summed E-state index contributed by atoms with van der Waals surface area (Å²) < 4.78 is 0. The van der Waals surface area contributed by atoms with Crippen LogP contribution in [0.1, 0.15) is 6.92 Å². The zero-order valence-electron chi connectivity index (χ0n) is 10.4. The average molecular weight is 262 g/mol. The highest BCUT2D eigenvalue weighted by atomic mass is 16.4. The monoisotopic (exact) mass is 262 g/mol. The molecule has 1 heterocycles. The first-order valence-corrected chi connectivity index (χ1v) is 5.88. The Morgan fingerprint density at radius 2 is 1.95 bits per heavy atom. The maximum absolute atomic E-state index is 12.1. The minimum absolute atomic E-state index is 0.00417. The predicted molar refractivity (Wildman–Crippen MR) is 67.6 cm³/mol. The average Bonchev–Trinajstić information content (AvgIpc) is 2.39. The summed E-state index contributed by atoms with van der Waals surface area (Å²) in [6, 6.07) is 8.55. The Morgan fingerprint density at radius 1 is 1.32 bits per heavy atom. The number of carbonyl (C=O) groups is 3. The second-order valence-corrected chi connectivity index (χ2v) is 4.35. The quantitative estimate of drug-likeness (QED) is 0.794. The molecule has 0 spiro atoms. The maximum atomic E-state index is 12.1. The maximum Gasteiger partial charge on any atom is 0.323 e. The molecule has 0 saturated carbocycles. The van der Waals surface area contributed by atoms with Gasteiger partial charge in [0.15, 0.2) is 0 Å². The van der Waals surface area contributed by atoms with Crippen molar-refractivity contribution in [1.29, 1.82) is 0 Å². The van der Waals surface area contributed by atoms with Crippen molar-refractivity contribution < 1.29 is 19.5 Å². The standard InChI is InChI=1S/C13H14N2O4/c1-9-13(19)15(8-12(17)18)11(16)7-14(9)10-5-3-2-4-6-10/h2-6,9H,7-8H2,1H3,(H,17,18). The molecule has 1 aromatic carbocycles. The van der Waals surface area contributed by atoms with Crippen LogP contribution in [0.25, 0.3) is 0 Å². The van der Waals surface area contributed by atoms with Gasteiger partial charge in [0.05, 0.1) is 6.54 Å². The van der Waals surface area contributed by atoms with Crippen LogP contribution in [0.2, 0.25) is 0 Å². The Kier molecular flexibility index (Phi) is 3.50. The van der Waals surface area contributed by atoms with Crippen LogP contribution in [0.3, 0.4) is 0 Å². The van der Waals surface area contributed by atoms with Crippen molar-refractivity contribution in [2.75, 3.05) is 18.0 Å². The van der Waals surface area contributed by atoms with Gasteiger partial charge in [0.1, 0.15) is 12.6 Å². The SMILES string of the molecule is CC1C(=O)N(CC(=O)O)C(=O)CN1c1ccccc1. The summed E-state index contributed by atoms with van der Waals surface area (Å²) in [5.41, 5.74) is 0.770. The number of carboxylic acid groups (broad SMARTS) is 1. The summed E-state index contributed by atoms with van der Waals surface area (Å²) in [5, 5.41) is 8.71. The molecular formula is C13H14N2O4. The Labute approximate surface area is 110 Å². The van der Waals surface area contributed by atoms with Gasteiger partial charge in [-0.15, -0.1) is 0 Å². The number of rotatable bonds is 3. The molecule has 19 heavy (non-hydrogen) atoms. The lowest BCUT2D eigenvalue weighted by Crippen LogP contribution is -2.60. The second-order valence-electron chi connectivity index (χ2n) is 4.35. The number of carbonyl (C=O) groups excluding carboxylic acids is 2. The van der Waals surface area contributed by atoms with Crippen molar-refractivity contribution in [3.63, 3.8) is 0 Å². The van der Waals surface area contributed by atoms with Crippen molar-refractivity contribution in [2.45, 2.75) is 13.0 Å². The van der Waals surface area contributed by atoms with Gasteiger partial charge in [0.25, 0.3) is 5.91 Å².